The van der Waals surface area contributed by atoms with Crippen LogP contribution in [0.1, 0.15) is 11.3 Å². The second-order valence-corrected chi connectivity index (χ2v) is 9.95. The Hall–Kier alpha value is -3.43. The van der Waals surface area contributed by atoms with Crippen LogP contribution in [-0.4, -0.2) is 65.0 Å². The third-order valence-electron chi connectivity index (χ3n) is 6.95. The van der Waals surface area contributed by atoms with Crippen LogP contribution in [-0.2, 0) is 19.9 Å². The first-order valence-corrected chi connectivity index (χ1v) is 12.9. The van der Waals surface area contributed by atoms with E-state index in [1.165, 1.54) is 11.3 Å². The van der Waals surface area contributed by atoms with Gasteiger partial charge in [0.2, 0.25) is 5.95 Å². The minimum absolute atomic E-state index is 0.558. The van der Waals surface area contributed by atoms with Crippen LogP contribution in [0.2, 0.25) is 0 Å². The molecule has 6 rings (SSSR count). The Bertz CT molecular complexity index is 1360. The maximum absolute atomic E-state index is 5.74. The van der Waals surface area contributed by atoms with E-state index in [2.05, 4.69) is 62.2 Å². The highest BCUT2D eigenvalue weighted by Gasteiger charge is 2.27. The van der Waals surface area contributed by atoms with E-state index in [9.17, 15) is 0 Å². The number of aromatic nitrogens is 4. The Morgan fingerprint density at radius 3 is 2.69 bits per heavy atom. The zero-order valence-corrected chi connectivity index (χ0v) is 21.1. The van der Waals surface area contributed by atoms with Gasteiger partial charge in [0.05, 0.1) is 29.9 Å². The van der Waals surface area contributed by atoms with Crippen molar-refractivity contribution in [2.75, 3.05) is 50.6 Å². The van der Waals surface area contributed by atoms with Crippen molar-refractivity contribution in [1.29, 1.82) is 0 Å². The Morgan fingerprint density at radius 1 is 1.06 bits per heavy atom. The summed E-state index contributed by atoms with van der Waals surface area (Å²) in [6, 6.07) is 8.44. The smallest absolute Gasteiger partial charge is 0.227 e. The number of anilines is 3. The van der Waals surface area contributed by atoms with Gasteiger partial charge >= 0.3 is 0 Å². The van der Waals surface area contributed by atoms with Gasteiger partial charge in [0.25, 0.3) is 0 Å². The lowest BCUT2D eigenvalue weighted by molar-refractivity contribution is 0.312. The average Bonchev–Trinajstić information content (AvgIpc) is 3.52. The summed E-state index contributed by atoms with van der Waals surface area (Å²) in [6.07, 6.45) is 3.74. The van der Waals surface area contributed by atoms with E-state index >= 15 is 0 Å². The van der Waals surface area contributed by atoms with Gasteiger partial charge in [-0.25, -0.2) is 9.97 Å². The number of nitrogens with zero attached hydrogens (tertiary/aromatic N) is 6. The number of likely N-dealkylation sites (N-methyl/N-ethyl adjacent to an activating group) is 1. The number of thiophene rings is 1. The number of fused-ring (bicyclic) bond motifs is 3. The van der Waals surface area contributed by atoms with E-state index in [0.717, 1.165) is 78.7 Å². The van der Waals surface area contributed by atoms with Crippen molar-refractivity contribution >= 4 is 28.7 Å². The fourth-order valence-electron chi connectivity index (χ4n) is 5.02. The van der Waals surface area contributed by atoms with Crippen LogP contribution < -0.4 is 15.0 Å². The molecule has 180 valence electrons. The van der Waals surface area contributed by atoms with Crippen molar-refractivity contribution in [3.05, 3.63) is 52.5 Å². The van der Waals surface area contributed by atoms with E-state index in [4.69, 9.17) is 14.8 Å². The summed E-state index contributed by atoms with van der Waals surface area (Å²) in [6.45, 7) is 4.16. The highest BCUT2D eigenvalue weighted by atomic mass is 32.1. The molecular formula is C26H29N7OS. The zero-order chi connectivity index (χ0) is 23.9. The first-order chi connectivity index (χ1) is 17.1. The molecule has 1 aliphatic carbocycles. The Balaban J connectivity index is 1.33. The van der Waals surface area contributed by atoms with Crippen molar-refractivity contribution in [2.45, 2.75) is 12.8 Å². The molecular weight excluding hydrogens is 458 g/mol. The quantitative estimate of drug-likeness (QED) is 0.452. The lowest BCUT2D eigenvalue weighted by Crippen LogP contribution is -2.44. The summed E-state index contributed by atoms with van der Waals surface area (Å²) < 4.78 is 7.73. The number of methoxy groups -OCH3 is 1. The maximum atomic E-state index is 5.74. The highest BCUT2D eigenvalue weighted by Crippen LogP contribution is 2.40. The molecule has 0 unspecified atom stereocenters. The molecule has 3 aromatic heterocycles. The van der Waals surface area contributed by atoms with Gasteiger partial charge in [-0.15, -0.1) is 0 Å². The van der Waals surface area contributed by atoms with E-state index < -0.39 is 0 Å². The SMILES string of the molecule is COc1cc(N2CCN(C)CC2)ccc1Nc1ncc2c(n1)-c1c(nn(C)c1-c1ccsc1)CC2. The molecule has 35 heavy (non-hydrogen) atoms. The molecule has 1 fully saturated rings. The molecule has 9 heteroatoms. The van der Waals surface area contributed by atoms with Crippen LogP contribution in [0.4, 0.5) is 17.3 Å². The first-order valence-electron chi connectivity index (χ1n) is 11.9. The lowest BCUT2D eigenvalue weighted by Gasteiger charge is -2.34. The monoisotopic (exact) mass is 487 g/mol. The number of benzene rings is 1. The van der Waals surface area contributed by atoms with Gasteiger partial charge in [0.1, 0.15) is 5.75 Å². The number of nitrogens with one attached hydrogen (secondary N) is 1. The van der Waals surface area contributed by atoms with Crippen LogP contribution >= 0.6 is 11.3 Å². The molecule has 0 atom stereocenters. The standard InChI is InChI=1S/C26H29N7OS/c1-31-9-11-33(12-10-31)19-5-7-20(22(14-19)34-3)28-26-27-15-17-4-6-21-23(24(17)29-26)25(32(2)30-21)18-8-13-35-16-18/h5,7-8,13-16H,4,6,9-12H2,1-3H3,(H,27,28,29). The number of piperazine rings is 1. The van der Waals surface area contributed by atoms with E-state index in [0.29, 0.717) is 5.95 Å². The molecule has 4 aromatic rings. The molecule has 0 saturated carbocycles. The van der Waals surface area contributed by atoms with Crippen molar-refractivity contribution in [3.63, 3.8) is 0 Å². The Labute approximate surface area is 209 Å². The number of hydrogen-bond acceptors (Lipinski definition) is 8. The van der Waals surface area contributed by atoms with Crippen molar-refractivity contribution in [2.24, 2.45) is 7.05 Å². The molecule has 4 heterocycles. The van der Waals surface area contributed by atoms with E-state index in [1.54, 1.807) is 18.4 Å². The lowest BCUT2D eigenvalue weighted by atomic mass is 9.92. The Kier molecular flexibility index (Phi) is 5.66. The Morgan fingerprint density at radius 2 is 1.91 bits per heavy atom. The van der Waals surface area contributed by atoms with Gasteiger partial charge in [0, 0.05) is 67.7 Å². The van der Waals surface area contributed by atoms with Crippen molar-refractivity contribution in [3.8, 4) is 28.3 Å². The molecule has 0 spiro atoms. The molecule has 0 radical (unpaired) electrons. The predicted molar refractivity (Wildman–Crippen MR) is 141 cm³/mol. The summed E-state index contributed by atoms with van der Waals surface area (Å²) in [7, 11) is 5.89. The van der Waals surface area contributed by atoms with Gasteiger partial charge in [-0.1, -0.05) is 0 Å². The topological polar surface area (TPSA) is 71.3 Å². The van der Waals surface area contributed by atoms with Crippen molar-refractivity contribution < 1.29 is 4.74 Å². The maximum Gasteiger partial charge on any atom is 0.227 e. The largest absolute Gasteiger partial charge is 0.494 e. The van der Waals surface area contributed by atoms with Gasteiger partial charge < -0.3 is 19.9 Å². The molecule has 0 amide bonds. The second kappa shape index (κ2) is 8.98. The second-order valence-electron chi connectivity index (χ2n) is 9.17. The van der Waals surface area contributed by atoms with Gasteiger partial charge in [0.15, 0.2) is 0 Å². The molecule has 2 aliphatic rings. The zero-order valence-electron chi connectivity index (χ0n) is 20.3. The third-order valence-corrected chi connectivity index (χ3v) is 7.63. The highest BCUT2D eigenvalue weighted by molar-refractivity contribution is 7.08. The van der Waals surface area contributed by atoms with Gasteiger partial charge in [-0.3, -0.25) is 4.68 Å². The molecule has 1 aliphatic heterocycles. The minimum atomic E-state index is 0.558. The number of ether oxygens (including phenoxy) is 1. The minimum Gasteiger partial charge on any atom is -0.494 e. The van der Waals surface area contributed by atoms with Crippen LogP contribution in [0.25, 0.3) is 22.5 Å². The van der Waals surface area contributed by atoms with Crippen LogP contribution in [0.5, 0.6) is 5.75 Å². The predicted octanol–water partition coefficient (Wildman–Crippen LogP) is 4.21. The van der Waals surface area contributed by atoms with E-state index in [-0.39, 0.29) is 0 Å². The number of rotatable bonds is 5. The molecule has 1 aromatic carbocycles. The molecule has 1 saturated heterocycles. The summed E-state index contributed by atoms with van der Waals surface area (Å²) in [5.41, 5.74) is 8.65. The normalized spacial score (nSPS) is 15.6. The van der Waals surface area contributed by atoms with Crippen LogP contribution in [0.15, 0.2) is 41.2 Å². The fraction of sp³-hybridized carbons (Fsp3) is 0.346. The fourth-order valence-corrected chi connectivity index (χ4v) is 5.66. The van der Waals surface area contributed by atoms with Crippen molar-refractivity contribution in [1.82, 2.24) is 24.6 Å². The van der Waals surface area contributed by atoms with Gasteiger partial charge in [-0.2, -0.15) is 16.4 Å². The van der Waals surface area contributed by atoms with Crippen LogP contribution in [0.3, 0.4) is 0 Å². The first kappa shape index (κ1) is 22.1. The summed E-state index contributed by atoms with van der Waals surface area (Å²) in [4.78, 5) is 14.4. The number of hydrogen-bond donors (Lipinski definition) is 1. The summed E-state index contributed by atoms with van der Waals surface area (Å²) in [5.74, 6) is 1.34. The van der Waals surface area contributed by atoms with Gasteiger partial charge in [-0.05, 0) is 49.0 Å². The molecule has 8 nitrogen and oxygen atoms in total. The molecule has 0 bridgehead atoms. The third kappa shape index (κ3) is 4.04. The van der Waals surface area contributed by atoms with Crippen LogP contribution in [0, 0.1) is 0 Å². The summed E-state index contributed by atoms with van der Waals surface area (Å²) >= 11 is 1.69. The average molecular weight is 488 g/mol. The number of aryl methyl sites for hydroxylation is 3. The molecule has 1 N–H and O–H groups in total. The van der Waals surface area contributed by atoms with E-state index in [1.807, 2.05) is 17.9 Å². The summed E-state index contributed by atoms with van der Waals surface area (Å²) in [5, 5.41) is 12.5.